The van der Waals surface area contributed by atoms with Crippen molar-refractivity contribution >= 4 is 11.0 Å². The first kappa shape index (κ1) is 14.6. The highest BCUT2D eigenvalue weighted by Crippen LogP contribution is 2.39. The molecule has 1 fully saturated rings. The third-order valence-corrected chi connectivity index (χ3v) is 4.40. The molecule has 124 valence electrons. The van der Waals surface area contributed by atoms with E-state index in [-0.39, 0.29) is 18.2 Å². The fourth-order valence-corrected chi connectivity index (χ4v) is 3.24. The molecule has 1 saturated heterocycles. The van der Waals surface area contributed by atoms with Gasteiger partial charge in [-0.15, -0.1) is 0 Å². The average Bonchev–Trinajstić information content (AvgIpc) is 3.10. The van der Waals surface area contributed by atoms with E-state index in [1.54, 1.807) is 6.07 Å². The third-order valence-electron chi connectivity index (χ3n) is 4.40. The Morgan fingerprint density at radius 1 is 1.17 bits per heavy atom. The molecule has 3 heterocycles. The van der Waals surface area contributed by atoms with E-state index in [4.69, 9.17) is 9.47 Å². The van der Waals surface area contributed by atoms with Crippen LogP contribution in [-0.2, 0) is 12.7 Å². The molecule has 2 aliphatic heterocycles. The summed E-state index contributed by atoms with van der Waals surface area (Å²) in [6.45, 7) is 2.07. The lowest BCUT2D eigenvalue weighted by molar-refractivity contribution is -0.147. The van der Waals surface area contributed by atoms with Crippen molar-refractivity contribution in [3.05, 3.63) is 18.0 Å². The van der Waals surface area contributed by atoms with Crippen LogP contribution in [-0.4, -0.2) is 29.4 Å². The molecule has 1 aromatic carbocycles. The zero-order valence-corrected chi connectivity index (χ0v) is 12.3. The summed E-state index contributed by atoms with van der Waals surface area (Å²) in [6, 6.07) is 3.12. The monoisotopic (exact) mass is 327 g/mol. The lowest BCUT2D eigenvalue weighted by Gasteiger charge is -2.24. The van der Waals surface area contributed by atoms with E-state index in [9.17, 15) is 13.2 Å². The number of imidazole rings is 1. The predicted octanol–water partition coefficient (Wildman–Crippen LogP) is 2.78. The molecule has 8 heteroatoms. The highest BCUT2D eigenvalue weighted by molar-refractivity contribution is 5.81. The van der Waals surface area contributed by atoms with Gasteiger partial charge >= 0.3 is 6.18 Å². The minimum atomic E-state index is -4.49. The number of alkyl halides is 3. The number of aromatic nitrogens is 2. The van der Waals surface area contributed by atoms with Crippen LogP contribution in [0.4, 0.5) is 13.2 Å². The van der Waals surface area contributed by atoms with E-state index in [0.717, 1.165) is 25.9 Å². The Balaban J connectivity index is 1.81. The molecule has 0 saturated carbocycles. The van der Waals surface area contributed by atoms with Gasteiger partial charge in [-0.3, -0.25) is 0 Å². The quantitative estimate of drug-likeness (QED) is 0.921. The van der Waals surface area contributed by atoms with E-state index in [1.165, 1.54) is 10.6 Å². The van der Waals surface area contributed by atoms with E-state index < -0.39 is 12.0 Å². The fourth-order valence-electron chi connectivity index (χ4n) is 3.24. The van der Waals surface area contributed by atoms with E-state index in [0.29, 0.717) is 23.6 Å². The highest BCUT2D eigenvalue weighted by Gasteiger charge is 2.38. The Morgan fingerprint density at radius 2 is 1.87 bits per heavy atom. The number of nitrogens with one attached hydrogen (secondary N) is 1. The first-order valence-corrected chi connectivity index (χ1v) is 7.60. The van der Waals surface area contributed by atoms with Crippen molar-refractivity contribution in [2.24, 2.45) is 5.92 Å². The molecular formula is C15H16F3N3O2. The Morgan fingerprint density at radius 3 is 2.57 bits per heavy atom. The SMILES string of the molecule is FC(F)(F)c1nc2cc3c(cc2n1CC1CCNCC1)OCO3. The molecule has 23 heavy (non-hydrogen) atoms. The lowest BCUT2D eigenvalue weighted by atomic mass is 9.98. The van der Waals surface area contributed by atoms with Crippen LogP contribution in [0.2, 0.25) is 0 Å². The van der Waals surface area contributed by atoms with E-state index in [2.05, 4.69) is 10.3 Å². The molecule has 0 bridgehead atoms. The molecule has 1 N–H and O–H groups in total. The van der Waals surface area contributed by atoms with Gasteiger partial charge in [0.2, 0.25) is 12.6 Å². The molecule has 0 atom stereocenters. The summed E-state index contributed by atoms with van der Waals surface area (Å²) in [5.41, 5.74) is 0.732. The molecule has 5 nitrogen and oxygen atoms in total. The third kappa shape index (κ3) is 2.60. The maximum atomic E-state index is 13.4. The van der Waals surface area contributed by atoms with Crippen LogP contribution in [0.3, 0.4) is 0 Å². The predicted molar refractivity (Wildman–Crippen MR) is 76.5 cm³/mol. The zero-order chi connectivity index (χ0) is 16.0. The van der Waals surface area contributed by atoms with Crippen molar-refractivity contribution in [2.45, 2.75) is 25.6 Å². The summed E-state index contributed by atoms with van der Waals surface area (Å²) in [4.78, 5) is 3.81. The van der Waals surface area contributed by atoms with E-state index in [1.807, 2.05) is 0 Å². The van der Waals surface area contributed by atoms with Crippen molar-refractivity contribution in [1.29, 1.82) is 0 Å². The Hall–Kier alpha value is -1.96. The standard InChI is InChI=1S/C15H16F3N3O2/c16-15(17,18)14-20-10-5-12-13(23-8-22-12)6-11(10)21(14)7-9-1-3-19-4-2-9/h5-6,9,19H,1-4,7-8H2. The van der Waals surface area contributed by atoms with Crippen molar-refractivity contribution in [2.75, 3.05) is 19.9 Å². The Kier molecular flexibility index (Phi) is 3.37. The van der Waals surface area contributed by atoms with Gasteiger partial charge in [-0.1, -0.05) is 0 Å². The Bertz CT molecular complexity index is 736. The molecule has 0 radical (unpaired) electrons. The summed E-state index contributed by atoms with van der Waals surface area (Å²) in [7, 11) is 0. The highest BCUT2D eigenvalue weighted by atomic mass is 19.4. The Labute approximate surface area is 130 Å². The van der Waals surface area contributed by atoms with Gasteiger partial charge in [0, 0.05) is 18.7 Å². The maximum absolute atomic E-state index is 13.4. The van der Waals surface area contributed by atoms with Gasteiger partial charge in [-0.25, -0.2) is 4.98 Å². The summed E-state index contributed by atoms with van der Waals surface area (Å²) in [6.07, 6.45) is -2.76. The number of rotatable bonds is 2. The summed E-state index contributed by atoms with van der Waals surface area (Å²) >= 11 is 0. The number of halogens is 3. The fraction of sp³-hybridized carbons (Fsp3) is 0.533. The van der Waals surface area contributed by atoms with Crippen molar-refractivity contribution < 1.29 is 22.6 Å². The van der Waals surface area contributed by atoms with Gasteiger partial charge in [0.15, 0.2) is 11.5 Å². The van der Waals surface area contributed by atoms with Gasteiger partial charge < -0.3 is 19.4 Å². The number of fused-ring (bicyclic) bond motifs is 2. The summed E-state index contributed by atoms with van der Waals surface area (Å²) < 4.78 is 51.9. The number of nitrogens with zero attached hydrogens (tertiary/aromatic N) is 2. The van der Waals surface area contributed by atoms with Crippen LogP contribution in [0.25, 0.3) is 11.0 Å². The molecule has 1 aromatic heterocycles. The topological polar surface area (TPSA) is 48.3 Å². The second kappa shape index (κ2) is 5.30. The van der Waals surface area contributed by atoms with Crippen LogP contribution < -0.4 is 14.8 Å². The molecular weight excluding hydrogens is 311 g/mol. The smallest absolute Gasteiger partial charge is 0.449 e. The van der Waals surface area contributed by atoms with Gasteiger partial charge in [0.05, 0.1) is 11.0 Å². The van der Waals surface area contributed by atoms with Crippen LogP contribution >= 0.6 is 0 Å². The van der Waals surface area contributed by atoms with Crippen molar-refractivity contribution in [1.82, 2.24) is 14.9 Å². The largest absolute Gasteiger partial charge is 0.454 e. The maximum Gasteiger partial charge on any atom is 0.449 e. The number of hydrogen-bond donors (Lipinski definition) is 1. The molecule has 2 aromatic rings. The summed E-state index contributed by atoms with van der Waals surface area (Å²) in [5, 5.41) is 3.23. The second-order valence-electron chi connectivity index (χ2n) is 5.93. The van der Waals surface area contributed by atoms with Crippen LogP contribution in [0.5, 0.6) is 11.5 Å². The number of ether oxygens (including phenoxy) is 2. The minimum absolute atomic E-state index is 0.0857. The molecule has 0 aliphatic carbocycles. The zero-order valence-electron chi connectivity index (χ0n) is 12.3. The minimum Gasteiger partial charge on any atom is -0.454 e. The average molecular weight is 327 g/mol. The van der Waals surface area contributed by atoms with Crippen molar-refractivity contribution in [3.8, 4) is 11.5 Å². The number of hydrogen-bond acceptors (Lipinski definition) is 4. The lowest BCUT2D eigenvalue weighted by Crippen LogP contribution is -2.30. The molecule has 4 rings (SSSR count). The first-order valence-electron chi connectivity index (χ1n) is 7.60. The second-order valence-corrected chi connectivity index (χ2v) is 5.93. The van der Waals surface area contributed by atoms with Gasteiger partial charge in [0.25, 0.3) is 0 Å². The van der Waals surface area contributed by atoms with Gasteiger partial charge in [-0.05, 0) is 31.8 Å². The molecule has 2 aliphatic rings. The van der Waals surface area contributed by atoms with Crippen molar-refractivity contribution in [3.63, 3.8) is 0 Å². The normalized spacial score (nSPS) is 18.7. The van der Waals surface area contributed by atoms with Gasteiger partial charge in [-0.2, -0.15) is 13.2 Å². The van der Waals surface area contributed by atoms with Crippen LogP contribution in [0.1, 0.15) is 18.7 Å². The molecule has 0 unspecified atom stereocenters. The number of benzene rings is 1. The van der Waals surface area contributed by atoms with E-state index >= 15 is 0 Å². The van der Waals surface area contributed by atoms with Crippen LogP contribution in [0.15, 0.2) is 12.1 Å². The number of piperidine rings is 1. The summed E-state index contributed by atoms with van der Waals surface area (Å²) in [5.74, 6) is 0.269. The molecule has 0 spiro atoms. The van der Waals surface area contributed by atoms with Gasteiger partial charge in [0.1, 0.15) is 0 Å². The molecule has 0 amide bonds. The van der Waals surface area contributed by atoms with Crippen LogP contribution in [0, 0.1) is 5.92 Å². The first-order chi connectivity index (χ1) is 11.0.